The van der Waals surface area contributed by atoms with Gasteiger partial charge in [-0.05, 0) is 75.7 Å². The molecule has 1 aliphatic heterocycles. The molecule has 0 spiro atoms. The van der Waals surface area contributed by atoms with Crippen molar-refractivity contribution in [3.8, 4) is 22.9 Å². The van der Waals surface area contributed by atoms with Gasteiger partial charge < -0.3 is 19.3 Å². The van der Waals surface area contributed by atoms with E-state index >= 15 is 0 Å². The minimum absolute atomic E-state index is 0.0524. The molecule has 11 nitrogen and oxygen atoms in total. The molecule has 2 aromatic carbocycles. The first-order chi connectivity index (χ1) is 18.2. The van der Waals surface area contributed by atoms with Gasteiger partial charge in [0.05, 0.1) is 37.3 Å². The van der Waals surface area contributed by atoms with Gasteiger partial charge in [-0.1, -0.05) is 5.16 Å². The van der Waals surface area contributed by atoms with E-state index in [-0.39, 0.29) is 22.8 Å². The first kappa shape index (κ1) is 27.6. The maximum atomic E-state index is 13.2. The quantitative estimate of drug-likeness (QED) is 0.395. The number of nitrogens with one attached hydrogen (secondary N) is 2. The van der Waals surface area contributed by atoms with Crippen LogP contribution in [-0.4, -0.2) is 62.7 Å². The highest BCUT2D eigenvalue weighted by molar-refractivity contribution is 7.89. The Balaban J connectivity index is 1.41. The summed E-state index contributed by atoms with van der Waals surface area (Å²) < 4.78 is 43.8. The van der Waals surface area contributed by atoms with Crippen molar-refractivity contribution in [2.24, 2.45) is 5.92 Å². The van der Waals surface area contributed by atoms with E-state index in [4.69, 9.17) is 14.0 Å². The predicted octanol–water partition coefficient (Wildman–Crippen LogP) is 3.29. The molecule has 0 saturated carbocycles. The first-order valence-electron chi connectivity index (χ1n) is 12.4. The van der Waals surface area contributed by atoms with Gasteiger partial charge in [-0.25, -0.2) is 13.1 Å². The molecule has 38 heavy (non-hydrogen) atoms. The summed E-state index contributed by atoms with van der Waals surface area (Å²) in [6, 6.07) is 11.5. The summed E-state index contributed by atoms with van der Waals surface area (Å²) in [6.45, 7) is 5.20. The summed E-state index contributed by atoms with van der Waals surface area (Å²) in [4.78, 5) is 19.9. The average molecular weight is 544 g/mol. The summed E-state index contributed by atoms with van der Waals surface area (Å²) in [5, 5.41) is 6.95. The number of carbonyl (C=O) groups is 1. The van der Waals surface area contributed by atoms with Gasteiger partial charge in [-0.15, -0.1) is 0 Å². The lowest BCUT2D eigenvalue weighted by Crippen LogP contribution is -2.40. The fraction of sp³-hybridized carbons (Fsp3) is 0.423. The Morgan fingerprint density at radius 2 is 1.92 bits per heavy atom. The highest BCUT2D eigenvalue weighted by atomic mass is 32.2. The summed E-state index contributed by atoms with van der Waals surface area (Å²) >= 11 is 0. The molecule has 0 radical (unpaired) electrons. The topological polar surface area (TPSA) is 136 Å². The number of hydrogen-bond donors (Lipinski definition) is 2. The zero-order valence-electron chi connectivity index (χ0n) is 21.9. The van der Waals surface area contributed by atoms with E-state index in [0.717, 1.165) is 24.3 Å². The van der Waals surface area contributed by atoms with Gasteiger partial charge in [-0.2, -0.15) is 4.98 Å². The van der Waals surface area contributed by atoms with Gasteiger partial charge in [0.25, 0.3) is 0 Å². The third-order valence-corrected chi connectivity index (χ3v) is 7.84. The lowest BCUT2D eigenvalue weighted by Gasteiger charge is -2.31. The summed E-state index contributed by atoms with van der Waals surface area (Å²) in [6.07, 6.45) is 1.53. The molecule has 1 unspecified atom stereocenters. The molecule has 12 heteroatoms. The van der Waals surface area contributed by atoms with Crippen molar-refractivity contribution in [1.29, 1.82) is 0 Å². The van der Waals surface area contributed by atoms with E-state index in [1.165, 1.54) is 25.3 Å². The van der Waals surface area contributed by atoms with Gasteiger partial charge in [0.2, 0.25) is 27.6 Å². The van der Waals surface area contributed by atoms with Crippen molar-refractivity contribution in [1.82, 2.24) is 19.8 Å². The number of nitrogens with zero attached hydrogens (tertiary/aromatic N) is 3. The van der Waals surface area contributed by atoms with Crippen molar-refractivity contribution in [3.05, 3.63) is 48.4 Å². The average Bonchev–Trinajstić information content (AvgIpc) is 3.36. The fourth-order valence-electron chi connectivity index (χ4n) is 4.35. The SMILES string of the molecule is COc1ccc(-c2noc(CN3CCCC(C(=O)Nc4cc(S(=O)(=O)NC(C)C)ccc4OC)C3)n2)cc1. The maximum Gasteiger partial charge on any atom is 0.241 e. The standard InChI is InChI=1S/C26H33N5O6S/c1-17(2)30-38(33,34)21-11-12-23(36-4)22(14-21)27-26(32)19-6-5-13-31(15-19)16-24-28-25(29-37-24)18-7-9-20(35-3)10-8-18/h7-12,14,17,19,30H,5-6,13,15-16H2,1-4H3,(H,27,32). The van der Waals surface area contributed by atoms with Gasteiger partial charge in [0.1, 0.15) is 11.5 Å². The number of anilines is 1. The van der Waals surface area contributed by atoms with Crippen LogP contribution in [-0.2, 0) is 21.4 Å². The number of likely N-dealkylation sites (tertiary alicyclic amines) is 1. The van der Waals surface area contributed by atoms with Gasteiger partial charge >= 0.3 is 0 Å². The van der Waals surface area contributed by atoms with Gasteiger partial charge in [0, 0.05) is 18.2 Å². The predicted molar refractivity (Wildman–Crippen MR) is 141 cm³/mol. The molecule has 1 aliphatic rings. The summed E-state index contributed by atoms with van der Waals surface area (Å²) in [5.74, 6) is 1.58. The van der Waals surface area contributed by atoms with Crippen molar-refractivity contribution in [3.63, 3.8) is 0 Å². The van der Waals surface area contributed by atoms with Crippen LogP contribution in [0.3, 0.4) is 0 Å². The lowest BCUT2D eigenvalue weighted by atomic mass is 9.97. The number of hydrogen-bond acceptors (Lipinski definition) is 9. The van der Waals surface area contributed by atoms with E-state index in [1.54, 1.807) is 21.0 Å². The number of sulfonamides is 1. The molecular formula is C26H33N5O6S. The number of carbonyl (C=O) groups excluding carboxylic acids is 1. The Morgan fingerprint density at radius 3 is 2.61 bits per heavy atom. The van der Waals surface area contributed by atoms with Crippen molar-refractivity contribution >= 4 is 21.6 Å². The Bertz CT molecular complexity index is 1360. The van der Waals surface area contributed by atoms with Crippen molar-refractivity contribution < 1.29 is 27.2 Å². The second kappa shape index (κ2) is 11.9. The minimum atomic E-state index is -3.73. The van der Waals surface area contributed by atoms with Crippen LogP contribution >= 0.6 is 0 Å². The summed E-state index contributed by atoms with van der Waals surface area (Å²) in [7, 11) is -0.648. The molecule has 3 aromatic rings. The van der Waals surface area contributed by atoms with Crippen LogP contribution in [0.1, 0.15) is 32.6 Å². The number of piperidine rings is 1. The van der Waals surface area contributed by atoms with Crippen molar-refractivity contribution in [2.75, 3.05) is 32.6 Å². The van der Waals surface area contributed by atoms with Crippen molar-refractivity contribution in [2.45, 2.75) is 44.2 Å². The largest absolute Gasteiger partial charge is 0.497 e. The van der Waals surface area contributed by atoms with Crippen LogP contribution < -0.4 is 19.5 Å². The van der Waals surface area contributed by atoms with Gasteiger partial charge in [-0.3, -0.25) is 9.69 Å². The van der Waals surface area contributed by atoms with Crippen LogP contribution in [0.5, 0.6) is 11.5 Å². The van der Waals surface area contributed by atoms with Crippen LogP contribution in [0.2, 0.25) is 0 Å². The smallest absolute Gasteiger partial charge is 0.241 e. The molecule has 204 valence electrons. The summed E-state index contributed by atoms with van der Waals surface area (Å²) in [5.41, 5.74) is 1.13. The molecule has 1 saturated heterocycles. The van der Waals surface area contributed by atoms with E-state index < -0.39 is 10.0 Å². The number of aromatic nitrogens is 2. The second-order valence-corrected chi connectivity index (χ2v) is 11.2. The molecule has 1 atom stereocenters. The molecule has 1 fully saturated rings. The van der Waals surface area contributed by atoms with E-state index in [1.807, 2.05) is 24.3 Å². The molecule has 4 rings (SSSR count). The number of ether oxygens (including phenoxy) is 2. The molecular weight excluding hydrogens is 510 g/mol. The lowest BCUT2D eigenvalue weighted by molar-refractivity contribution is -0.121. The molecule has 2 N–H and O–H groups in total. The molecule has 0 aliphatic carbocycles. The normalized spacial score (nSPS) is 16.4. The van der Waals surface area contributed by atoms with Crippen LogP contribution in [0, 0.1) is 5.92 Å². The highest BCUT2D eigenvalue weighted by Crippen LogP contribution is 2.29. The molecule has 1 aromatic heterocycles. The number of methoxy groups -OCH3 is 2. The Hall–Kier alpha value is -3.48. The Morgan fingerprint density at radius 1 is 1.16 bits per heavy atom. The Labute approximate surface area is 222 Å². The number of rotatable bonds is 10. The molecule has 0 bridgehead atoms. The second-order valence-electron chi connectivity index (χ2n) is 9.44. The number of benzene rings is 2. The van der Waals surface area contributed by atoms with Crippen LogP contribution in [0.15, 0.2) is 51.9 Å². The van der Waals surface area contributed by atoms with E-state index in [0.29, 0.717) is 42.7 Å². The van der Waals surface area contributed by atoms with E-state index in [9.17, 15) is 13.2 Å². The van der Waals surface area contributed by atoms with Crippen LogP contribution in [0.25, 0.3) is 11.4 Å². The zero-order valence-corrected chi connectivity index (χ0v) is 22.7. The fourth-order valence-corrected chi connectivity index (χ4v) is 5.62. The zero-order chi connectivity index (χ0) is 27.3. The van der Waals surface area contributed by atoms with Crippen LogP contribution in [0.4, 0.5) is 5.69 Å². The number of amides is 1. The highest BCUT2D eigenvalue weighted by Gasteiger charge is 2.28. The minimum Gasteiger partial charge on any atom is -0.497 e. The maximum absolute atomic E-state index is 13.2. The third-order valence-electron chi connectivity index (χ3n) is 6.18. The van der Waals surface area contributed by atoms with Gasteiger partial charge in [0.15, 0.2) is 0 Å². The third kappa shape index (κ3) is 6.69. The monoisotopic (exact) mass is 543 g/mol. The van der Waals surface area contributed by atoms with E-state index in [2.05, 4.69) is 25.1 Å². The molecule has 2 heterocycles. The molecule has 1 amide bonds. The first-order valence-corrected chi connectivity index (χ1v) is 13.9. The Kier molecular flexibility index (Phi) is 8.65.